The van der Waals surface area contributed by atoms with Gasteiger partial charge in [0, 0.05) is 30.0 Å². The number of amides is 1. The fraction of sp³-hybridized carbons (Fsp3) is 0.562. The lowest BCUT2D eigenvalue weighted by Crippen LogP contribution is -2.45. The van der Waals surface area contributed by atoms with Crippen molar-refractivity contribution in [1.82, 2.24) is 4.90 Å². The molecule has 3 nitrogen and oxygen atoms in total. The molecule has 1 heterocycles. The van der Waals surface area contributed by atoms with Crippen molar-refractivity contribution in [2.45, 2.75) is 38.6 Å². The van der Waals surface area contributed by atoms with Crippen LogP contribution in [0.5, 0.6) is 0 Å². The Morgan fingerprint density at radius 3 is 2.95 bits per heavy atom. The third kappa shape index (κ3) is 5.61. The van der Waals surface area contributed by atoms with Crippen LogP contribution in [-0.4, -0.2) is 29.9 Å². The Balaban J connectivity index is 0.00000220. The molecule has 2 atom stereocenters. The molecule has 1 aromatic rings. The van der Waals surface area contributed by atoms with Crippen molar-refractivity contribution in [3.8, 4) is 0 Å². The monoisotopic (exact) mass is 374 g/mol. The maximum absolute atomic E-state index is 12.3. The maximum atomic E-state index is 12.3. The number of benzene rings is 1. The largest absolute Gasteiger partial charge is 0.342 e. The zero-order chi connectivity index (χ0) is 14.5. The van der Waals surface area contributed by atoms with Gasteiger partial charge in [-0.15, -0.1) is 12.4 Å². The second-order valence-corrected chi connectivity index (χ2v) is 6.65. The van der Waals surface area contributed by atoms with E-state index in [1.807, 2.05) is 24.0 Å². The van der Waals surface area contributed by atoms with E-state index in [1.54, 1.807) is 0 Å². The maximum Gasteiger partial charge on any atom is 0.222 e. The van der Waals surface area contributed by atoms with E-state index in [0.29, 0.717) is 12.3 Å². The fourth-order valence-electron chi connectivity index (χ4n) is 2.77. The molecule has 0 radical (unpaired) electrons. The number of halogens is 2. The minimum Gasteiger partial charge on any atom is -0.342 e. The Morgan fingerprint density at radius 2 is 2.29 bits per heavy atom. The predicted octanol–water partition coefficient (Wildman–Crippen LogP) is 3.39. The first-order valence-corrected chi connectivity index (χ1v) is 8.13. The van der Waals surface area contributed by atoms with E-state index in [1.165, 1.54) is 5.56 Å². The standard InChI is InChI=1S/C16H23BrN2O.ClH/c1-12(18)14-5-3-9-19(11-14)16(20)8-7-13-4-2-6-15(17)10-13;/h2,4,6,10,12,14H,3,5,7-9,11,18H2,1H3;1H. The van der Waals surface area contributed by atoms with Crippen LogP contribution in [0.1, 0.15) is 31.7 Å². The van der Waals surface area contributed by atoms with Crippen molar-refractivity contribution in [2.75, 3.05) is 13.1 Å². The Hall–Kier alpha value is -0.580. The van der Waals surface area contributed by atoms with Gasteiger partial charge in [-0.1, -0.05) is 28.1 Å². The van der Waals surface area contributed by atoms with Gasteiger partial charge in [0.05, 0.1) is 0 Å². The number of likely N-dealkylation sites (tertiary alicyclic amines) is 1. The molecule has 1 amide bonds. The van der Waals surface area contributed by atoms with Crippen molar-refractivity contribution >= 4 is 34.2 Å². The first-order valence-electron chi connectivity index (χ1n) is 7.34. The number of hydrogen-bond acceptors (Lipinski definition) is 2. The zero-order valence-corrected chi connectivity index (χ0v) is 14.8. The Morgan fingerprint density at radius 1 is 1.52 bits per heavy atom. The number of aryl methyl sites for hydroxylation is 1. The molecule has 0 saturated carbocycles. The minimum atomic E-state index is 0. The molecule has 0 spiro atoms. The molecule has 1 fully saturated rings. The minimum absolute atomic E-state index is 0. The molecule has 2 unspecified atom stereocenters. The highest BCUT2D eigenvalue weighted by Crippen LogP contribution is 2.20. The van der Waals surface area contributed by atoms with Crippen molar-refractivity contribution in [3.63, 3.8) is 0 Å². The van der Waals surface area contributed by atoms with Crippen LogP contribution in [0.2, 0.25) is 0 Å². The summed E-state index contributed by atoms with van der Waals surface area (Å²) in [5.74, 6) is 0.717. The third-order valence-electron chi connectivity index (χ3n) is 4.07. The van der Waals surface area contributed by atoms with Crippen molar-refractivity contribution in [3.05, 3.63) is 34.3 Å². The number of rotatable bonds is 4. The van der Waals surface area contributed by atoms with Gasteiger partial charge in [0.15, 0.2) is 0 Å². The van der Waals surface area contributed by atoms with Crippen molar-refractivity contribution < 1.29 is 4.79 Å². The van der Waals surface area contributed by atoms with E-state index in [4.69, 9.17) is 5.73 Å². The lowest BCUT2D eigenvalue weighted by Gasteiger charge is -2.34. The number of nitrogens with zero attached hydrogens (tertiary/aromatic N) is 1. The van der Waals surface area contributed by atoms with E-state index in [9.17, 15) is 4.79 Å². The SMILES string of the molecule is CC(N)C1CCCN(C(=O)CCc2cccc(Br)c2)C1.Cl. The fourth-order valence-corrected chi connectivity index (χ4v) is 3.21. The number of carbonyl (C=O) groups excluding carboxylic acids is 1. The molecule has 1 aliphatic rings. The number of carbonyl (C=O) groups is 1. The van der Waals surface area contributed by atoms with Crippen LogP contribution in [-0.2, 0) is 11.2 Å². The summed E-state index contributed by atoms with van der Waals surface area (Å²) in [6, 6.07) is 8.34. The second-order valence-electron chi connectivity index (χ2n) is 5.73. The van der Waals surface area contributed by atoms with E-state index in [-0.39, 0.29) is 24.4 Å². The summed E-state index contributed by atoms with van der Waals surface area (Å²) in [5.41, 5.74) is 7.17. The van der Waals surface area contributed by atoms with Crippen LogP contribution in [0, 0.1) is 5.92 Å². The van der Waals surface area contributed by atoms with Gasteiger partial charge in [0.2, 0.25) is 5.91 Å². The van der Waals surface area contributed by atoms with Gasteiger partial charge in [0.1, 0.15) is 0 Å². The second kappa shape index (κ2) is 8.76. The van der Waals surface area contributed by atoms with Crippen molar-refractivity contribution in [1.29, 1.82) is 0 Å². The molecule has 0 aromatic heterocycles. The number of nitrogens with two attached hydrogens (primary N) is 1. The molecule has 0 aliphatic carbocycles. The number of piperidine rings is 1. The summed E-state index contributed by atoms with van der Waals surface area (Å²) >= 11 is 3.46. The van der Waals surface area contributed by atoms with Crippen molar-refractivity contribution in [2.24, 2.45) is 11.7 Å². The zero-order valence-electron chi connectivity index (χ0n) is 12.4. The first-order chi connectivity index (χ1) is 9.56. The molecule has 2 rings (SSSR count). The summed E-state index contributed by atoms with van der Waals surface area (Å²) in [6.07, 6.45) is 3.61. The van der Waals surface area contributed by atoms with E-state index in [2.05, 4.69) is 28.1 Å². The van der Waals surface area contributed by atoms with Gasteiger partial charge in [-0.25, -0.2) is 0 Å². The smallest absolute Gasteiger partial charge is 0.222 e. The molecule has 1 saturated heterocycles. The molecular weight excluding hydrogens is 352 g/mol. The molecular formula is C16H24BrClN2O. The highest BCUT2D eigenvalue weighted by atomic mass is 79.9. The van der Waals surface area contributed by atoms with Gasteiger partial charge >= 0.3 is 0 Å². The lowest BCUT2D eigenvalue weighted by molar-refractivity contribution is -0.133. The van der Waals surface area contributed by atoms with Gasteiger partial charge in [-0.05, 0) is 49.8 Å². The lowest BCUT2D eigenvalue weighted by atomic mass is 9.92. The highest BCUT2D eigenvalue weighted by Gasteiger charge is 2.25. The molecule has 1 aliphatic heterocycles. The average molecular weight is 376 g/mol. The number of hydrogen-bond donors (Lipinski definition) is 1. The summed E-state index contributed by atoms with van der Waals surface area (Å²) in [4.78, 5) is 14.3. The highest BCUT2D eigenvalue weighted by molar-refractivity contribution is 9.10. The summed E-state index contributed by atoms with van der Waals surface area (Å²) < 4.78 is 1.07. The van der Waals surface area contributed by atoms with E-state index < -0.39 is 0 Å². The van der Waals surface area contributed by atoms with Crippen LogP contribution in [0.25, 0.3) is 0 Å². The normalized spacial score (nSPS) is 19.8. The summed E-state index contributed by atoms with van der Waals surface area (Å²) in [7, 11) is 0. The summed E-state index contributed by atoms with van der Waals surface area (Å²) in [6.45, 7) is 3.76. The van der Waals surface area contributed by atoms with Gasteiger partial charge in [0.25, 0.3) is 0 Å². The van der Waals surface area contributed by atoms with Crippen LogP contribution in [0.3, 0.4) is 0 Å². The quantitative estimate of drug-likeness (QED) is 0.877. The average Bonchev–Trinajstić information content (AvgIpc) is 2.45. The van der Waals surface area contributed by atoms with Gasteiger partial charge in [-0.3, -0.25) is 4.79 Å². The van der Waals surface area contributed by atoms with E-state index in [0.717, 1.165) is 36.8 Å². The molecule has 21 heavy (non-hydrogen) atoms. The van der Waals surface area contributed by atoms with Crippen LogP contribution < -0.4 is 5.73 Å². The van der Waals surface area contributed by atoms with Crippen LogP contribution in [0.4, 0.5) is 0 Å². The topological polar surface area (TPSA) is 46.3 Å². The molecule has 118 valence electrons. The molecule has 5 heteroatoms. The predicted molar refractivity (Wildman–Crippen MR) is 92.7 cm³/mol. The van der Waals surface area contributed by atoms with Crippen LogP contribution >= 0.6 is 28.3 Å². The molecule has 2 N–H and O–H groups in total. The molecule has 1 aromatic carbocycles. The molecule has 0 bridgehead atoms. The van der Waals surface area contributed by atoms with Gasteiger partial charge in [-0.2, -0.15) is 0 Å². The van der Waals surface area contributed by atoms with E-state index >= 15 is 0 Å². The Bertz CT molecular complexity index is 467. The third-order valence-corrected chi connectivity index (χ3v) is 4.56. The van der Waals surface area contributed by atoms with Crippen LogP contribution in [0.15, 0.2) is 28.7 Å². The summed E-state index contributed by atoms with van der Waals surface area (Å²) in [5, 5.41) is 0. The Labute approximate surface area is 141 Å². The first kappa shape index (κ1) is 18.5. The van der Waals surface area contributed by atoms with Gasteiger partial charge < -0.3 is 10.6 Å². The Kier molecular flexibility index (Phi) is 7.71.